The summed E-state index contributed by atoms with van der Waals surface area (Å²) in [5.41, 5.74) is 34.0. The largest absolute Gasteiger partial charge is 0.223 e. The second-order valence-electron chi connectivity index (χ2n) is 38.2. The van der Waals surface area contributed by atoms with Crippen molar-refractivity contribution in [3.63, 3.8) is 0 Å². The van der Waals surface area contributed by atoms with Crippen molar-refractivity contribution >= 4 is 43.1 Å². The molecule has 1 aliphatic rings. The Hall–Kier alpha value is -9.52. The van der Waals surface area contributed by atoms with Crippen molar-refractivity contribution in [2.24, 2.45) is 49.9 Å². The number of aromatic nitrogens is 4. The standard InChI is InChI=1S/C31H36N.C26H32N.2C25H31FN/c1-20-10-9-11-21(2)29(20)25-13-15-27(22(3)16-25)30-28-14-12-24(19-31(5,6)7)18-26(28)17-23(4)32(30)8;1-17-12-20-8-7-9-21(20)15-24(17)25-23-11-10-19(16-26(3,4)5)14-22(23)13-18(2)27(25)6;1-15-11-22(17(3)18(4)23(15)26)24-21-10-9-19(14-25(5,6)7)13-20(21)12-16(2)27(24)8;1-15-11-16(2)23(26)22(18(15)4)24-21-10-9-19(14-25(5,6)7)13-20(21)12-17(3)27(24)8/h9-18H,19H2,1-8H3;10-15H,7-9,16H2,1-6H3;2*9-13H,14H2,1-8H3/q4*+1/i17D;13D;2*12D. The molecule has 6 heteroatoms. The van der Waals surface area contributed by atoms with Crippen LogP contribution in [0.25, 0.3) is 99.2 Å². The minimum Gasteiger partial charge on any atom is -0.206 e. The first-order valence-corrected chi connectivity index (χ1v) is 41.0. The molecule has 0 fully saturated rings. The normalized spacial score (nSPS) is 13.0. The molecule has 1 aliphatic carbocycles. The molecule has 4 heterocycles. The maximum atomic E-state index is 15.3. The molecule has 0 bridgehead atoms. The molecule has 4 aromatic heterocycles. The minimum absolute atomic E-state index is 0.130. The molecule has 0 spiro atoms. The summed E-state index contributed by atoms with van der Waals surface area (Å²) in [6.45, 7) is 55.3. The van der Waals surface area contributed by atoms with Crippen LogP contribution >= 0.6 is 0 Å². The van der Waals surface area contributed by atoms with Crippen LogP contribution in [0.15, 0.2) is 158 Å². The second kappa shape index (κ2) is 32.8. The van der Waals surface area contributed by atoms with E-state index in [0.29, 0.717) is 46.4 Å². The fourth-order valence-electron chi connectivity index (χ4n) is 17.3. The van der Waals surface area contributed by atoms with Gasteiger partial charge in [-0.3, -0.25) is 0 Å². The van der Waals surface area contributed by atoms with Gasteiger partial charge in [0.05, 0.1) is 43.7 Å². The van der Waals surface area contributed by atoms with E-state index in [9.17, 15) is 4.39 Å². The van der Waals surface area contributed by atoms with Gasteiger partial charge in [0.15, 0.2) is 22.8 Å². The fourth-order valence-corrected chi connectivity index (χ4v) is 17.3. The summed E-state index contributed by atoms with van der Waals surface area (Å²) in [5.74, 6) is -0.301. The molecule has 0 aliphatic heterocycles. The Bertz CT molecular complexity index is 6080. The van der Waals surface area contributed by atoms with Crippen LogP contribution in [0.5, 0.6) is 0 Å². The Morgan fingerprint density at radius 3 is 1.06 bits per heavy atom. The van der Waals surface area contributed by atoms with Gasteiger partial charge >= 0.3 is 0 Å². The molecule has 0 atom stereocenters. The topological polar surface area (TPSA) is 15.5 Å². The summed E-state index contributed by atoms with van der Waals surface area (Å²) in [6.07, 6.45) is 7.60. The van der Waals surface area contributed by atoms with Crippen LogP contribution in [0, 0.1) is 130 Å². The van der Waals surface area contributed by atoms with Gasteiger partial charge in [-0.05, 0) is 300 Å². The Kier molecular flexibility index (Phi) is 22.8. The van der Waals surface area contributed by atoms with Crippen LogP contribution in [-0.2, 0) is 66.7 Å². The highest BCUT2D eigenvalue weighted by molar-refractivity contribution is 5.98. The van der Waals surface area contributed by atoms with Gasteiger partial charge in [0.1, 0.15) is 39.8 Å². The van der Waals surface area contributed by atoms with Crippen molar-refractivity contribution < 1.29 is 32.5 Å². The zero-order chi connectivity index (χ0) is 86.2. The zero-order valence-corrected chi connectivity index (χ0v) is 74.2. The lowest BCUT2D eigenvalue weighted by molar-refractivity contribution is -0.665. The molecule has 0 unspecified atom stereocenters. The van der Waals surface area contributed by atoms with Gasteiger partial charge in [-0.15, -0.1) is 0 Å². The number of rotatable bonds is 9. The van der Waals surface area contributed by atoms with Crippen LogP contribution < -0.4 is 18.3 Å². The molecule has 9 aromatic carbocycles. The van der Waals surface area contributed by atoms with E-state index in [4.69, 9.17) is 5.48 Å². The number of fused-ring (bicyclic) bond motifs is 5. The number of aryl methyl sites for hydroxylation is 9. The van der Waals surface area contributed by atoms with Crippen LogP contribution in [0.1, 0.15) is 207 Å². The highest BCUT2D eigenvalue weighted by Gasteiger charge is 2.30. The SMILES string of the molecule is [2H]c1c(C)[n+](C)c(-c2c(C)c(C)cc(C)c2F)c2ccc(CC(C)(C)C)cc12.[2H]c1c(C)[n+](C)c(-c2cc(C)c(F)c(C)c2C)c2ccc(CC(C)(C)C)cc12.[2H]c1c(C)[n+](C)c(-c2cc3c(cc2C)CCC3)c2ccc(CC(C)(C)C)cc12.[2H]c1c(C)[n+](C)c(-c2ccc(-c3c(C)cccc3C)cc2C)c2ccc(CC(C)(C)C)cc12. The fraction of sp³-hybridized carbons (Fsp3) is 0.383. The number of pyridine rings is 4. The van der Waals surface area contributed by atoms with Gasteiger partial charge in [-0.1, -0.05) is 174 Å². The third-order valence-electron chi connectivity index (χ3n) is 23.3. The predicted molar refractivity (Wildman–Crippen MR) is 479 cm³/mol. The third kappa shape index (κ3) is 18.7. The summed E-state index contributed by atoms with van der Waals surface area (Å²) in [4.78, 5) is 0. The van der Waals surface area contributed by atoms with E-state index in [0.717, 1.165) is 120 Å². The highest BCUT2D eigenvalue weighted by atomic mass is 19.1. The highest BCUT2D eigenvalue weighted by Crippen LogP contribution is 2.41. The van der Waals surface area contributed by atoms with E-state index in [1.165, 1.54) is 114 Å². The first-order valence-electron chi connectivity index (χ1n) is 43.0. The van der Waals surface area contributed by atoms with Crippen LogP contribution in [0.4, 0.5) is 8.78 Å². The summed E-state index contributed by atoms with van der Waals surface area (Å²) in [5, 5.41) is 8.29. The van der Waals surface area contributed by atoms with Gasteiger partial charge in [0.2, 0.25) is 22.8 Å². The first kappa shape index (κ1) is 78.7. The third-order valence-corrected chi connectivity index (χ3v) is 23.3. The Morgan fingerprint density at radius 2 is 0.664 bits per heavy atom. The average Bonchev–Trinajstić information content (AvgIpc) is 1.23. The molecule has 4 nitrogen and oxygen atoms in total. The van der Waals surface area contributed by atoms with E-state index in [-0.39, 0.29) is 33.3 Å². The molecule has 588 valence electrons. The number of hydrogen-bond acceptors (Lipinski definition) is 0. The van der Waals surface area contributed by atoms with Crippen molar-refractivity contribution in [2.75, 3.05) is 0 Å². The number of nitrogens with zero attached hydrogens (tertiary/aromatic N) is 4. The van der Waals surface area contributed by atoms with E-state index in [1.54, 1.807) is 0 Å². The molecular formula is C107H130F2N4+4. The monoisotopic (exact) mass is 1510 g/mol. The lowest BCUT2D eigenvalue weighted by atomic mass is 9.87. The minimum atomic E-state index is -0.170. The van der Waals surface area contributed by atoms with Crippen molar-refractivity contribution in [3.8, 4) is 56.2 Å². The van der Waals surface area contributed by atoms with Crippen LogP contribution in [0.2, 0.25) is 0 Å². The number of hydrogen-bond donors (Lipinski definition) is 0. The van der Waals surface area contributed by atoms with Crippen molar-refractivity contribution in [1.29, 1.82) is 0 Å². The number of halogens is 2. The Morgan fingerprint density at radius 1 is 0.310 bits per heavy atom. The molecule has 14 rings (SSSR count). The molecule has 0 saturated heterocycles. The van der Waals surface area contributed by atoms with Crippen LogP contribution in [-0.4, -0.2) is 0 Å². The smallest absolute Gasteiger partial charge is 0.206 e. The van der Waals surface area contributed by atoms with E-state index >= 15 is 4.39 Å². The maximum absolute atomic E-state index is 15.3. The second-order valence-corrected chi connectivity index (χ2v) is 38.2. The van der Waals surface area contributed by atoms with E-state index < -0.39 is 0 Å². The van der Waals surface area contributed by atoms with E-state index in [1.807, 2.05) is 86.2 Å². The van der Waals surface area contributed by atoms with Crippen molar-refractivity contribution in [1.82, 2.24) is 0 Å². The molecule has 0 N–H and O–H groups in total. The molecule has 13 aromatic rings. The summed E-state index contributed by atoms with van der Waals surface area (Å²) in [7, 11) is 8.13. The van der Waals surface area contributed by atoms with E-state index in [2.05, 4.69) is 274 Å². The van der Waals surface area contributed by atoms with Crippen LogP contribution in [0.3, 0.4) is 0 Å². The van der Waals surface area contributed by atoms with Gasteiger partial charge in [-0.2, -0.15) is 18.3 Å². The quantitative estimate of drug-likeness (QED) is 0.128. The Balaban J connectivity index is 0.000000154. The molecule has 0 saturated carbocycles. The van der Waals surface area contributed by atoms with Gasteiger partial charge < -0.3 is 0 Å². The predicted octanol–water partition coefficient (Wildman–Crippen LogP) is 26.4. The molecule has 113 heavy (non-hydrogen) atoms. The summed E-state index contributed by atoms with van der Waals surface area (Å²) >= 11 is 0. The first-order chi connectivity index (χ1) is 54.5. The molecule has 0 amide bonds. The Labute approximate surface area is 683 Å². The molecular weight excluding hydrogens is 1380 g/mol. The summed E-state index contributed by atoms with van der Waals surface area (Å²) in [6, 6.07) is 50.6. The summed E-state index contributed by atoms with van der Waals surface area (Å²) < 4.78 is 73.2. The number of benzene rings is 9. The average molecular weight is 1510 g/mol. The van der Waals surface area contributed by atoms with Gasteiger partial charge in [-0.25, -0.2) is 8.78 Å². The lowest BCUT2D eigenvalue weighted by Gasteiger charge is -2.19. The van der Waals surface area contributed by atoms with Crippen molar-refractivity contribution in [2.45, 2.75) is 225 Å². The lowest BCUT2D eigenvalue weighted by Crippen LogP contribution is -2.35. The van der Waals surface area contributed by atoms with Crippen molar-refractivity contribution in [3.05, 3.63) is 281 Å². The van der Waals surface area contributed by atoms with Gasteiger partial charge in [0.25, 0.3) is 0 Å². The zero-order valence-electron chi connectivity index (χ0n) is 78.2. The van der Waals surface area contributed by atoms with Gasteiger partial charge in [0, 0.05) is 57.4 Å². The maximum Gasteiger partial charge on any atom is 0.223 e. The molecule has 0 radical (unpaired) electrons.